The summed E-state index contributed by atoms with van der Waals surface area (Å²) >= 11 is 7.63. The van der Waals surface area contributed by atoms with E-state index in [4.69, 9.17) is 27.2 Å². The molecule has 0 spiro atoms. The molecule has 0 aliphatic carbocycles. The number of nitrogens with two attached hydrogens (primary N) is 2. The Morgan fingerprint density at radius 3 is 2.78 bits per heavy atom. The zero-order valence-electron chi connectivity index (χ0n) is 24.4. The van der Waals surface area contributed by atoms with Gasteiger partial charge >= 0.3 is 6.01 Å². The quantitative estimate of drug-likeness (QED) is 0.281. The molecule has 4 aromatic rings. The number of primary sulfonamides is 1. The maximum absolute atomic E-state index is 16.9. The molecular formula is C30H29ClF3N7O3S2. The van der Waals surface area contributed by atoms with Crippen LogP contribution in [0.3, 0.4) is 0 Å². The number of hydrogen-bond donors (Lipinski definition) is 2. The van der Waals surface area contributed by atoms with Crippen LogP contribution >= 0.6 is 22.9 Å². The van der Waals surface area contributed by atoms with Crippen molar-refractivity contribution in [2.75, 3.05) is 43.4 Å². The maximum Gasteiger partial charge on any atom is 0.319 e. The summed E-state index contributed by atoms with van der Waals surface area (Å²) in [7, 11) is -3.88. The van der Waals surface area contributed by atoms with E-state index in [9.17, 15) is 22.5 Å². The Bertz CT molecular complexity index is 2060. The van der Waals surface area contributed by atoms with E-state index in [2.05, 4.69) is 14.9 Å². The van der Waals surface area contributed by atoms with Gasteiger partial charge in [-0.05, 0) is 49.9 Å². The number of thiophene rings is 1. The van der Waals surface area contributed by atoms with E-state index in [1.54, 1.807) is 4.90 Å². The van der Waals surface area contributed by atoms with Gasteiger partial charge < -0.3 is 15.4 Å². The molecule has 10 nitrogen and oxygen atoms in total. The Hall–Kier alpha value is -3.42. The van der Waals surface area contributed by atoms with E-state index in [1.165, 1.54) is 12.1 Å². The highest BCUT2D eigenvalue weighted by Crippen LogP contribution is 2.46. The second-order valence-electron chi connectivity index (χ2n) is 12.2. The van der Waals surface area contributed by atoms with Gasteiger partial charge in [-0.1, -0.05) is 17.7 Å². The van der Waals surface area contributed by atoms with Gasteiger partial charge in [0.25, 0.3) is 0 Å². The number of hydrogen-bond acceptors (Lipinski definition) is 10. The molecule has 0 bridgehead atoms. The van der Waals surface area contributed by atoms with Crippen LogP contribution in [0.5, 0.6) is 6.01 Å². The van der Waals surface area contributed by atoms with Crippen molar-refractivity contribution in [2.24, 2.45) is 5.14 Å². The number of benzene rings is 2. The molecule has 3 saturated heterocycles. The van der Waals surface area contributed by atoms with Crippen LogP contribution in [-0.2, 0) is 10.0 Å². The number of piperidine rings is 1. The number of rotatable bonds is 6. The van der Waals surface area contributed by atoms with Crippen LogP contribution in [0, 0.1) is 23.0 Å². The minimum Gasteiger partial charge on any atom is -0.461 e. The lowest BCUT2D eigenvalue weighted by atomic mass is 9.95. The number of nitriles is 1. The lowest BCUT2D eigenvalue weighted by molar-refractivity contribution is 0.107. The van der Waals surface area contributed by atoms with E-state index in [-0.39, 0.29) is 72.7 Å². The molecular weight excluding hydrogens is 663 g/mol. The van der Waals surface area contributed by atoms with Crippen LogP contribution in [0.2, 0.25) is 5.02 Å². The fourth-order valence-electron chi connectivity index (χ4n) is 7.27. The summed E-state index contributed by atoms with van der Waals surface area (Å²) in [6.45, 7) is 1.55. The van der Waals surface area contributed by atoms with Crippen LogP contribution < -0.4 is 20.5 Å². The molecule has 16 heteroatoms. The number of anilines is 2. The summed E-state index contributed by atoms with van der Waals surface area (Å²) in [6, 6.07) is 5.77. The fourth-order valence-corrected chi connectivity index (χ4v) is 9.39. The summed E-state index contributed by atoms with van der Waals surface area (Å²) in [5.74, 6) is -1.28. The highest BCUT2D eigenvalue weighted by molar-refractivity contribution is 7.89. The molecule has 2 aromatic heterocycles. The normalized spacial score (nSPS) is 23.7. The van der Waals surface area contributed by atoms with E-state index in [0.717, 1.165) is 36.8 Å². The Balaban J connectivity index is 1.40. The Morgan fingerprint density at radius 1 is 1.22 bits per heavy atom. The highest BCUT2D eigenvalue weighted by Gasteiger charge is 2.49. The molecule has 4 N–H and O–H groups in total. The van der Waals surface area contributed by atoms with Crippen molar-refractivity contribution < 1.29 is 26.3 Å². The molecule has 5 heterocycles. The van der Waals surface area contributed by atoms with Gasteiger partial charge in [-0.15, -0.1) is 11.3 Å². The smallest absolute Gasteiger partial charge is 0.319 e. The Labute approximate surface area is 271 Å². The predicted octanol–water partition coefficient (Wildman–Crippen LogP) is 5.11. The van der Waals surface area contributed by atoms with Crippen LogP contribution in [0.1, 0.15) is 37.7 Å². The second-order valence-corrected chi connectivity index (χ2v) is 15.5. The highest BCUT2D eigenvalue weighted by atomic mass is 35.5. The number of nitrogens with zero attached hydrogens (tertiary/aromatic N) is 5. The standard InChI is InChI=1S/C30H29ClF3N7O3S2/c31-20-9-18-25(24(34)23(20)17-4-5-21(33)26-22(17)19(11-35)27(36)45-26)38-29(44-14-30-6-2-8-41(30)12-15(32)10-30)39-28(18)40-7-1-3-16(13-40)46(37,42)43/h4-5,9,15-16H,1-3,6-8,10,12-14,36H2,(H2,37,42,43)/t15-,16-,30+/m1/s1. The minimum atomic E-state index is -3.88. The molecule has 2 aromatic carbocycles. The van der Waals surface area contributed by atoms with Gasteiger partial charge in [0.05, 0.1) is 26.1 Å². The first-order valence-corrected chi connectivity index (χ1v) is 17.6. The summed E-state index contributed by atoms with van der Waals surface area (Å²) in [5.41, 5.74) is 5.35. The van der Waals surface area contributed by atoms with E-state index < -0.39 is 38.6 Å². The van der Waals surface area contributed by atoms with Crippen molar-refractivity contribution in [1.82, 2.24) is 14.9 Å². The number of halogens is 4. The molecule has 242 valence electrons. The van der Waals surface area contributed by atoms with Crippen molar-refractivity contribution in [3.05, 3.63) is 40.4 Å². The van der Waals surface area contributed by atoms with Gasteiger partial charge in [-0.3, -0.25) is 4.90 Å². The van der Waals surface area contributed by atoms with Gasteiger partial charge in [-0.25, -0.2) is 26.7 Å². The topological polar surface area (TPSA) is 151 Å². The zero-order valence-corrected chi connectivity index (χ0v) is 26.8. The summed E-state index contributed by atoms with van der Waals surface area (Å²) < 4.78 is 76.9. The molecule has 0 radical (unpaired) electrons. The first kappa shape index (κ1) is 31.2. The fraction of sp³-hybridized carbons (Fsp3) is 0.433. The number of aromatic nitrogens is 2. The SMILES string of the molecule is N#Cc1c(N)sc2c(F)ccc(-c3c(Cl)cc4c(N5CCC[C@@H](S(N)(=O)=O)C5)nc(OC[C@@]56CCCN5C[C@H](F)C6)nc4c3F)c12. The largest absolute Gasteiger partial charge is 0.461 e. The third kappa shape index (κ3) is 5.11. The molecule has 3 aliphatic rings. The van der Waals surface area contributed by atoms with Crippen LogP contribution in [0.4, 0.5) is 24.0 Å². The third-order valence-corrected chi connectivity index (χ3v) is 12.1. The average molecular weight is 692 g/mol. The molecule has 0 saturated carbocycles. The van der Waals surface area contributed by atoms with Crippen molar-refractivity contribution in [3.8, 4) is 23.2 Å². The summed E-state index contributed by atoms with van der Waals surface area (Å²) in [5, 5.41) is 14.8. The number of alkyl halides is 1. The number of fused-ring (bicyclic) bond motifs is 3. The van der Waals surface area contributed by atoms with Gasteiger partial charge in [0.15, 0.2) is 5.82 Å². The lowest BCUT2D eigenvalue weighted by Gasteiger charge is -2.33. The molecule has 0 unspecified atom stereocenters. The Morgan fingerprint density at radius 2 is 2.02 bits per heavy atom. The number of ether oxygens (including phenoxy) is 1. The van der Waals surface area contributed by atoms with Crippen molar-refractivity contribution in [1.29, 1.82) is 5.26 Å². The van der Waals surface area contributed by atoms with E-state index >= 15 is 4.39 Å². The summed E-state index contributed by atoms with van der Waals surface area (Å²) in [6.07, 6.45) is 1.78. The molecule has 7 rings (SSSR count). The van der Waals surface area contributed by atoms with Crippen molar-refractivity contribution in [3.63, 3.8) is 0 Å². The monoisotopic (exact) mass is 691 g/mol. The predicted molar refractivity (Wildman–Crippen MR) is 171 cm³/mol. The van der Waals surface area contributed by atoms with Crippen molar-refractivity contribution in [2.45, 2.75) is 49.1 Å². The molecule has 46 heavy (non-hydrogen) atoms. The Kier molecular flexibility index (Phi) is 7.71. The zero-order chi connectivity index (χ0) is 32.5. The van der Waals surface area contributed by atoms with Gasteiger partial charge in [0.1, 0.15) is 41.0 Å². The lowest BCUT2D eigenvalue weighted by Crippen LogP contribution is -2.45. The van der Waals surface area contributed by atoms with E-state index in [1.807, 2.05) is 6.07 Å². The maximum atomic E-state index is 16.9. The van der Waals surface area contributed by atoms with Gasteiger partial charge in [0, 0.05) is 42.4 Å². The molecule has 3 aliphatic heterocycles. The van der Waals surface area contributed by atoms with Crippen molar-refractivity contribution >= 4 is 64.8 Å². The second kappa shape index (κ2) is 11.4. The first-order chi connectivity index (χ1) is 21.9. The minimum absolute atomic E-state index is 0.00270. The van der Waals surface area contributed by atoms with Crippen LogP contribution in [0.25, 0.3) is 32.1 Å². The number of sulfonamides is 1. The average Bonchev–Trinajstić information content (AvgIpc) is 3.66. The van der Waals surface area contributed by atoms with E-state index in [0.29, 0.717) is 32.4 Å². The van der Waals surface area contributed by atoms with Crippen LogP contribution in [0.15, 0.2) is 18.2 Å². The molecule has 3 fully saturated rings. The van der Waals surface area contributed by atoms with Gasteiger partial charge in [0.2, 0.25) is 10.0 Å². The number of nitrogen functional groups attached to an aromatic ring is 1. The first-order valence-electron chi connectivity index (χ1n) is 14.8. The third-order valence-electron chi connectivity index (χ3n) is 9.41. The van der Waals surface area contributed by atoms with Gasteiger partial charge in [-0.2, -0.15) is 15.2 Å². The van der Waals surface area contributed by atoms with Crippen LogP contribution in [-0.4, -0.2) is 73.0 Å². The molecule has 3 atom stereocenters. The molecule has 0 amide bonds. The summed E-state index contributed by atoms with van der Waals surface area (Å²) in [4.78, 5) is 12.8.